The minimum Gasteiger partial charge on any atom is -0.347 e. The number of hydrogen-bond donors (Lipinski definition) is 1. The Morgan fingerprint density at radius 1 is 1.42 bits per heavy atom. The number of nitrogens with zero attached hydrogens (tertiary/aromatic N) is 3. The largest absolute Gasteiger partial charge is 0.347 e. The minimum atomic E-state index is 0.412. The summed E-state index contributed by atoms with van der Waals surface area (Å²) in [5.74, 6) is 0.412. The first-order valence-electron chi connectivity index (χ1n) is 6.41. The maximum Gasteiger partial charge on any atom is 0.185 e. The Morgan fingerprint density at radius 3 is 2.74 bits per heavy atom. The molecular formula is C14H20N4S. The van der Waals surface area contributed by atoms with Crippen LogP contribution < -0.4 is 10.6 Å². The summed E-state index contributed by atoms with van der Waals surface area (Å²) >= 11 is 1.68. The average Bonchev–Trinajstić information content (AvgIpc) is 2.84. The van der Waals surface area contributed by atoms with Gasteiger partial charge in [0.15, 0.2) is 5.13 Å². The summed E-state index contributed by atoms with van der Waals surface area (Å²) in [5, 5.41) is 1.02. The van der Waals surface area contributed by atoms with Crippen molar-refractivity contribution in [3.63, 3.8) is 0 Å². The summed E-state index contributed by atoms with van der Waals surface area (Å²) < 4.78 is 0. The van der Waals surface area contributed by atoms with Crippen LogP contribution in [0, 0.1) is 0 Å². The summed E-state index contributed by atoms with van der Waals surface area (Å²) in [5.41, 5.74) is 8.10. The molecule has 2 heterocycles. The molecule has 2 N–H and O–H groups in total. The van der Waals surface area contributed by atoms with E-state index in [4.69, 9.17) is 10.7 Å². The normalized spacial score (nSPS) is 11.0. The maximum absolute atomic E-state index is 5.80. The first-order chi connectivity index (χ1) is 9.11. The number of rotatable bonds is 5. The van der Waals surface area contributed by atoms with Crippen molar-refractivity contribution >= 4 is 16.5 Å². The van der Waals surface area contributed by atoms with Crippen LogP contribution in [0.25, 0.3) is 0 Å². The van der Waals surface area contributed by atoms with Gasteiger partial charge >= 0.3 is 0 Å². The Morgan fingerprint density at radius 2 is 2.21 bits per heavy atom. The van der Waals surface area contributed by atoms with Gasteiger partial charge in [0, 0.05) is 37.4 Å². The van der Waals surface area contributed by atoms with E-state index in [9.17, 15) is 0 Å². The van der Waals surface area contributed by atoms with Gasteiger partial charge in [-0.2, -0.15) is 0 Å². The van der Waals surface area contributed by atoms with Crippen molar-refractivity contribution in [2.75, 3.05) is 11.9 Å². The molecule has 0 saturated heterocycles. The molecule has 0 aliphatic carbocycles. The van der Waals surface area contributed by atoms with Crippen LogP contribution in [0.4, 0.5) is 5.13 Å². The highest BCUT2D eigenvalue weighted by Crippen LogP contribution is 2.30. The number of aromatic nitrogens is 2. The zero-order chi connectivity index (χ0) is 13.8. The van der Waals surface area contributed by atoms with Crippen molar-refractivity contribution in [2.24, 2.45) is 5.73 Å². The third-order valence-corrected chi connectivity index (χ3v) is 4.13. The Hall–Kier alpha value is -1.46. The first-order valence-corrected chi connectivity index (χ1v) is 7.23. The number of nitrogens with two attached hydrogens (primary N) is 1. The van der Waals surface area contributed by atoms with Gasteiger partial charge in [-0.05, 0) is 17.5 Å². The predicted molar refractivity (Wildman–Crippen MR) is 80.4 cm³/mol. The number of anilines is 1. The number of pyridine rings is 1. The molecule has 0 aliphatic heterocycles. The lowest BCUT2D eigenvalue weighted by Gasteiger charge is -2.15. The van der Waals surface area contributed by atoms with E-state index in [1.165, 1.54) is 10.4 Å². The zero-order valence-corrected chi connectivity index (χ0v) is 12.4. The molecule has 0 aliphatic rings. The van der Waals surface area contributed by atoms with E-state index in [1.807, 2.05) is 12.3 Å². The van der Waals surface area contributed by atoms with Crippen LogP contribution in [0.3, 0.4) is 0 Å². The highest BCUT2D eigenvalue weighted by molar-refractivity contribution is 7.15. The molecule has 0 saturated carbocycles. The van der Waals surface area contributed by atoms with Gasteiger partial charge in [0.2, 0.25) is 0 Å². The van der Waals surface area contributed by atoms with Gasteiger partial charge in [-0.1, -0.05) is 19.9 Å². The molecule has 0 spiro atoms. The Bertz CT molecular complexity index is 521. The lowest BCUT2D eigenvalue weighted by molar-refractivity contribution is 0.804. The standard InChI is InChI=1S/C14H20N4S/c1-10(2)13-12(7-15)19-14(17-13)18(3)9-11-5-4-6-16-8-11/h4-6,8,10H,7,9,15H2,1-3H3. The van der Waals surface area contributed by atoms with Crippen molar-refractivity contribution < 1.29 is 0 Å². The molecule has 0 amide bonds. The zero-order valence-electron chi connectivity index (χ0n) is 11.6. The van der Waals surface area contributed by atoms with E-state index in [1.54, 1.807) is 17.5 Å². The van der Waals surface area contributed by atoms with Gasteiger partial charge in [0.25, 0.3) is 0 Å². The van der Waals surface area contributed by atoms with Crippen LogP contribution in [-0.2, 0) is 13.1 Å². The molecule has 0 aromatic carbocycles. The van der Waals surface area contributed by atoms with Crippen LogP contribution in [0.5, 0.6) is 0 Å². The van der Waals surface area contributed by atoms with Gasteiger partial charge in [0.05, 0.1) is 5.69 Å². The second kappa shape index (κ2) is 6.12. The monoisotopic (exact) mass is 276 g/mol. The van der Waals surface area contributed by atoms with Crippen LogP contribution >= 0.6 is 11.3 Å². The molecule has 19 heavy (non-hydrogen) atoms. The molecule has 0 fully saturated rings. The fraction of sp³-hybridized carbons (Fsp3) is 0.429. The molecule has 0 radical (unpaired) electrons. The molecule has 2 aromatic rings. The van der Waals surface area contributed by atoms with Crippen molar-refractivity contribution in [3.05, 3.63) is 40.7 Å². The van der Waals surface area contributed by atoms with E-state index < -0.39 is 0 Å². The summed E-state index contributed by atoms with van der Waals surface area (Å²) in [6.07, 6.45) is 3.67. The molecule has 0 unspecified atom stereocenters. The van der Waals surface area contributed by atoms with Crippen LogP contribution in [0.15, 0.2) is 24.5 Å². The molecule has 2 rings (SSSR count). The summed E-state index contributed by atoms with van der Waals surface area (Å²) in [6.45, 7) is 5.67. The molecule has 102 valence electrons. The Labute approximate surface area is 118 Å². The van der Waals surface area contributed by atoms with Gasteiger partial charge in [0.1, 0.15) is 0 Å². The molecular weight excluding hydrogens is 256 g/mol. The predicted octanol–water partition coefficient (Wildman–Crippen LogP) is 2.76. The second-order valence-corrected chi connectivity index (χ2v) is 5.94. The molecule has 0 atom stereocenters. The van der Waals surface area contributed by atoms with Gasteiger partial charge in [-0.15, -0.1) is 11.3 Å². The first kappa shape index (κ1) is 14.0. The Kier molecular flexibility index (Phi) is 4.50. The quantitative estimate of drug-likeness (QED) is 0.912. The maximum atomic E-state index is 5.80. The topological polar surface area (TPSA) is 55.0 Å². The van der Waals surface area contributed by atoms with Crippen LogP contribution in [0.2, 0.25) is 0 Å². The lowest BCUT2D eigenvalue weighted by atomic mass is 10.1. The van der Waals surface area contributed by atoms with Crippen molar-refractivity contribution in [1.29, 1.82) is 0 Å². The summed E-state index contributed by atoms with van der Waals surface area (Å²) in [4.78, 5) is 12.2. The van der Waals surface area contributed by atoms with Gasteiger partial charge in [-0.3, -0.25) is 4.98 Å². The third kappa shape index (κ3) is 3.30. The van der Waals surface area contributed by atoms with Crippen molar-refractivity contribution in [2.45, 2.75) is 32.9 Å². The molecule has 5 heteroatoms. The van der Waals surface area contributed by atoms with Crippen LogP contribution in [0.1, 0.15) is 35.9 Å². The van der Waals surface area contributed by atoms with E-state index in [-0.39, 0.29) is 0 Å². The highest BCUT2D eigenvalue weighted by Gasteiger charge is 2.15. The van der Waals surface area contributed by atoms with Crippen molar-refractivity contribution in [3.8, 4) is 0 Å². The van der Waals surface area contributed by atoms with Crippen LogP contribution in [-0.4, -0.2) is 17.0 Å². The van der Waals surface area contributed by atoms with Gasteiger partial charge in [-0.25, -0.2) is 4.98 Å². The SMILES string of the molecule is CC(C)c1nc(N(C)Cc2cccnc2)sc1CN. The number of hydrogen-bond acceptors (Lipinski definition) is 5. The fourth-order valence-corrected chi connectivity index (χ4v) is 3.00. The molecule has 0 bridgehead atoms. The fourth-order valence-electron chi connectivity index (χ4n) is 1.94. The highest BCUT2D eigenvalue weighted by atomic mass is 32.1. The number of thiazole rings is 1. The van der Waals surface area contributed by atoms with E-state index in [0.717, 1.165) is 17.4 Å². The smallest absolute Gasteiger partial charge is 0.185 e. The second-order valence-electron chi connectivity index (χ2n) is 4.88. The lowest BCUT2D eigenvalue weighted by Crippen LogP contribution is -2.16. The summed E-state index contributed by atoms with van der Waals surface area (Å²) in [7, 11) is 2.05. The van der Waals surface area contributed by atoms with E-state index >= 15 is 0 Å². The minimum absolute atomic E-state index is 0.412. The summed E-state index contributed by atoms with van der Waals surface area (Å²) in [6, 6.07) is 4.03. The third-order valence-electron chi connectivity index (χ3n) is 2.92. The molecule has 2 aromatic heterocycles. The van der Waals surface area contributed by atoms with Gasteiger partial charge < -0.3 is 10.6 Å². The average molecular weight is 276 g/mol. The van der Waals surface area contributed by atoms with E-state index in [2.05, 4.69) is 36.8 Å². The van der Waals surface area contributed by atoms with Crippen molar-refractivity contribution in [1.82, 2.24) is 9.97 Å². The Balaban J connectivity index is 2.17. The van der Waals surface area contributed by atoms with E-state index in [0.29, 0.717) is 12.5 Å². The molecule has 4 nitrogen and oxygen atoms in total.